The first-order valence-electron chi connectivity index (χ1n) is 7.53. The fourth-order valence-electron chi connectivity index (χ4n) is 2.89. The van der Waals surface area contributed by atoms with E-state index in [1.165, 1.54) is 0 Å². The molecule has 0 saturated carbocycles. The summed E-state index contributed by atoms with van der Waals surface area (Å²) in [5, 5.41) is 0. The van der Waals surface area contributed by atoms with Crippen molar-refractivity contribution >= 4 is 10.0 Å². The first-order valence-corrected chi connectivity index (χ1v) is 9.02. The van der Waals surface area contributed by atoms with Crippen molar-refractivity contribution in [2.45, 2.75) is 37.8 Å². The lowest BCUT2D eigenvalue weighted by atomic mass is 9.99. The highest BCUT2D eigenvalue weighted by atomic mass is 32.2. The molecular weight excluding hydrogens is 288 g/mol. The standard InChI is InChI=1S/C14H26N4O2S/c1-3-18-11-14(7-13(18)8-15)21(19,20)16-9-12-5-4-6-17(2)10-12/h7,11-12,16H,3-6,8-10,15H2,1-2H3. The number of nitrogens with two attached hydrogens (primary N) is 1. The third-order valence-corrected chi connectivity index (χ3v) is 5.50. The Labute approximate surface area is 127 Å². The number of piperidine rings is 1. The Kier molecular flexibility index (Phi) is 5.43. The largest absolute Gasteiger partial charge is 0.349 e. The van der Waals surface area contributed by atoms with Gasteiger partial charge in [0.25, 0.3) is 0 Å². The van der Waals surface area contributed by atoms with Gasteiger partial charge >= 0.3 is 0 Å². The maximum absolute atomic E-state index is 12.4. The van der Waals surface area contributed by atoms with Gasteiger partial charge in [0.05, 0.1) is 4.90 Å². The van der Waals surface area contributed by atoms with Gasteiger partial charge in [-0.1, -0.05) is 0 Å². The van der Waals surface area contributed by atoms with E-state index in [-0.39, 0.29) is 0 Å². The topological polar surface area (TPSA) is 80.4 Å². The van der Waals surface area contributed by atoms with E-state index < -0.39 is 10.0 Å². The van der Waals surface area contributed by atoms with Gasteiger partial charge < -0.3 is 15.2 Å². The second-order valence-corrected chi connectivity index (χ2v) is 7.55. The Balaban J connectivity index is 2.02. The first kappa shape index (κ1) is 16.5. The molecular formula is C14H26N4O2S. The molecule has 0 spiro atoms. The molecule has 3 N–H and O–H groups in total. The van der Waals surface area contributed by atoms with Crippen molar-refractivity contribution < 1.29 is 8.42 Å². The molecule has 1 atom stereocenters. The molecule has 2 heterocycles. The van der Waals surface area contributed by atoms with Crippen LogP contribution in [0, 0.1) is 5.92 Å². The minimum absolute atomic E-state index is 0.314. The summed E-state index contributed by atoms with van der Waals surface area (Å²) >= 11 is 0. The van der Waals surface area contributed by atoms with Crippen molar-refractivity contribution in [3.8, 4) is 0 Å². The minimum atomic E-state index is -3.44. The zero-order chi connectivity index (χ0) is 15.5. The zero-order valence-corrected chi connectivity index (χ0v) is 13.7. The third-order valence-electron chi connectivity index (χ3n) is 4.11. The maximum Gasteiger partial charge on any atom is 0.242 e. The Morgan fingerprint density at radius 3 is 2.81 bits per heavy atom. The summed E-state index contributed by atoms with van der Waals surface area (Å²) in [6.45, 7) is 5.59. The Hall–Kier alpha value is -0.890. The Morgan fingerprint density at radius 1 is 1.48 bits per heavy atom. The van der Waals surface area contributed by atoms with Crippen LogP contribution in [0.1, 0.15) is 25.5 Å². The van der Waals surface area contributed by atoms with Gasteiger partial charge in [-0.05, 0) is 45.3 Å². The molecule has 0 radical (unpaired) electrons. The quantitative estimate of drug-likeness (QED) is 0.805. The van der Waals surface area contributed by atoms with Gasteiger partial charge in [-0.15, -0.1) is 0 Å². The highest BCUT2D eigenvalue weighted by Crippen LogP contribution is 2.17. The Morgan fingerprint density at radius 2 is 2.24 bits per heavy atom. The minimum Gasteiger partial charge on any atom is -0.349 e. The van der Waals surface area contributed by atoms with E-state index in [1.54, 1.807) is 12.3 Å². The fraction of sp³-hybridized carbons (Fsp3) is 0.714. The number of hydrogen-bond donors (Lipinski definition) is 2. The number of nitrogens with zero attached hydrogens (tertiary/aromatic N) is 2. The summed E-state index contributed by atoms with van der Waals surface area (Å²) in [5.74, 6) is 0.390. The van der Waals surface area contributed by atoms with Crippen LogP contribution >= 0.6 is 0 Å². The van der Waals surface area contributed by atoms with Crippen molar-refractivity contribution in [1.29, 1.82) is 0 Å². The molecule has 0 aliphatic carbocycles. The number of rotatable bonds is 6. The number of aryl methyl sites for hydroxylation is 1. The highest BCUT2D eigenvalue weighted by Gasteiger charge is 2.22. The van der Waals surface area contributed by atoms with E-state index in [1.807, 2.05) is 11.5 Å². The van der Waals surface area contributed by atoms with E-state index in [9.17, 15) is 8.42 Å². The molecule has 0 bridgehead atoms. The lowest BCUT2D eigenvalue weighted by molar-refractivity contribution is 0.211. The molecule has 1 aliphatic rings. The van der Waals surface area contributed by atoms with Gasteiger partial charge in [0, 0.05) is 38.1 Å². The van der Waals surface area contributed by atoms with Gasteiger partial charge in [0.15, 0.2) is 0 Å². The summed E-state index contributed by atoms with van der Waals surface area (Å²) in [7, 11) is -1.36. The van der Waals surface area contributed by atoms with Crippen molar-refractivity contribution in [2.24, 2.45) is 11.7 Å². The van der Waals surface area contributed by atoms with Crippen LogP contribution in [0.3, 0.4) is 0 Å². The lowest BCUT2D eigenvalue weighted by Crippen LogP contribution is -2.39. The number of nitrogens with one attached hydrogen (secondary N) is 1. The number of aromatic nitrogens is 1. The van der Waals surface area contributed by atoms with Crippen LogP contribution in [-0.4, -0.2) is 44.6 Å². The third kappa shape index (κ3) is 4.06. The average molecular weight is 314 g/mol. The molecule has 1 aromatic heterocycles. The molecule has 1 unspecified atom stereocenters. The molecule has 0 amide bonds. The van der Waals surface area contributed by atoms with Crippen LogP contribution in [0.5, 0.6) is 0 Å². The van der Waals surface area contributed by atoms with Gasteiger partial charge in [-0.3, -0.25) is 0 Å². The predicted octanol–water partition coefficient (Wildman–Crippen LogP) is 0.587. The van der Waals surface area contributed by atoms with Gasteiger partial charge in [0.1, 0.15) is 0 Å². The van der Waals surface area contributed by atoms with Crippen LogP contribution in [0.15, 0.2) is 17.2 Å². The van der Waals surface area contributed by atoms with E-state index in [0.717, 1.165) is 38.2 Å². The van der Waals surface area contributed by atoms with E-state index in [0.29, 0.717) is 23.9 Å². The van der Waals surface area contributed by atoms with Crippen LogP contribution in [-0.2, 0) is 23.1 Å². The summed E-state index contributed by atoms with van der Waals surface area (Å²) in [5.41, 5.74) is 6.49. The number of sulfonamides is 1. The monoisotopic (exact) mass is 314 g/mol. The van der Waals surface area contributed by atoms with Crippen LogP contribution in [0.4, 0.5) is 0 Å². The van der Waals surface area contributed by atoms with Crippen molar-refractivity contribution in [3.63, 3.8) is 0 Å². The average Bonchev–Trinajstić information content (AvgIpc) is 2.89. The van der Waals surface area contributed by atoms with Gasteiger partial charge in [0.2, 0.25) is 10.0 Å². The second kappa shape index (κ2) is 6.91. The van der Waals surface area contributed by atoms with Crippen molar-refractivity contribution in [2.75, 3.05) is 26.7 Å². The summed E-state index contributed by atoms with van der Waals surface area (Å²) in [6.07, 6.45) is 3.88. The molecule has 1 saturated heterocycles. The zero-order valence-electron chi connectivity index (χ0n) is 12.9. The summed E-state index contributed by atoms with van der Waals surface area (Å²) in [4.78, 5) is 2.57. The normalized spacial score (nSPS) is 20.8. The van der Waals surface area contributed by atoms with Crippen LogP contribution in [0.25, 0.3) is 0 Å². The molecule has 6 nitrogen and oxygen atoms in total. The molecule has 1 aliphatic heterocycles. The maximum atomic E-state index is 12.4. The van der Waals surface area contributed by atoms with Gasteiger partial charge in [-0.2, -0.15) is 0 Å². The fourth-order valence-corrected chi connectivity index (χ4v) is 4.07. The molecule has 120 valence electrons. The summed E-state index contributed by atoms with van der Waals surface area (Å²) in [6, 6.07) is 1.67. The van der Waals surface area contributed by atoms with E-state index in [2.05, 4.69) is 16.7 Å². The molecule has 1 aromatic rings. The molecule has 21 heavy (non-hydrogen) atoms. The molecule has 2 rings (SSSR count). The Bertz CT molecular complexity index is 546. The van der Waals surface area contributed by atoms with Crippen molar-refractivity contribution in [3.05, 3.63) is 18.0 Å². The second-order valence-electron chi connectivity index (χ2n) is 5.78. The van der Waals surface area contributed by atoms with Crippen molar-refractivity contribution in [1.82, 2.24) is 14.2 Å². The smallest absolute Gasteiger partial charge is 0.242 e. The highest BCUT2D eigenvalue weighted by molar-refractivity contribution is 7.89. The van der Waals surface area contributed by atoms with E-state index >= 15 is 0 Å². The molecule has 1 fully saturated rings. The molecule has 0 aromatic carbocycles. The van der Waals surface area contributed by atoms with Crippen LogP contribution in [0.2, 0.25) is 0 Å². The van der Waals surface area contributed by atoms with E-state index in [4.69, 9.17) is 5.73 Å². The molecule has 7 heteroatoms. The summed E-state index contributed by atoms with van der Waals surface area (Å²) < 4.78 is 29.4. The van der Waals surface area contributed by atoms with Crippen LogP contribution < -0.4 is 10.5 Å². The lowest BCUT2D eigenvalue weighted by Gasteiger charge is -2.29. The van der Waals surface area contributed by atoms with Gasteiger partial charge in [-0.25, -0.2) is 13.1 Å². The SMILES string of the molecule is CCn1cc(S(=O)(=O)NCC2CCCN(C)C2)cc1CN. The number of likely N-dealkylation sites (tertiary alicyclic amines) is 1. The number of hydrogen-bond acceptors (Lipinski definition) is 4. The predicted molar refractivity (Wildman–Crippen MR) is 83.4 cm³/mol. The first-order chi connectivity index (χ1) is 9.96.